The molecule has 3 rings (SSSR count). The van der Waals surface area contributed by atoms with E-state index in [0.29, 0.717) is 13.0 Å². The number of aliphatic imine (C=N–C) groups is 1. The van der Waals surface area contributed by atoms with Crippen molar-refractivity contribution in [3.8, 4) is 0 Å². The molecular formula is C23H39IN6O2. The van der Waals surface area contributed by atoms with Gasteiger partial charge in [-0.2, -0.15) is 0 Å². The standard InChI is InChI=1S/C23H38N6O2.HI/c1-23(2,29-15-17-31-18-16-29)19-26-22(24-3)25-10-9-21(30)28-13-11-27(12-14-28)20-7-5-4-6-8-20;/h4-8H,9-19H2,1-3H3,(H2,24,25,26);1H. The lowest BCUT2D eigenvalue weighted by molar-refractivity contribution is -0.131. The van der Waals surface area contributed by atoms with Gasteiger partial charge in [0.2, 0.25) is 5.91 Å². The molecule has 0 unspecified atom stereocenters. The van der Waals surface area contributed by atoms with Crippen LogP contribution in [0.25, 0.3) is 0 Å². The molecule has 32 heavy (non-hydrogen) atoms. The molecule has 1 aromatic carbocycles. The normalized spacial score (nSPS) is 18.2. The maximum absolute atomic E-state index is 12.6. The Morgan fingerprint density at radius 3 is 2.31 bits per heavy atom. The maximum Gasteiger partial charge on any atom is 0.224 e. The molecule has 180 valence electrons. The highest BCUT2D eigenvalue weighted by Gasteiger charge is 2.28. The van der Waals surface area contributed by atoms with Gasteiger partial charge in [0.15, 0.2) is 5.96 Å². The molecule has 0 spiro atoms. The van der Waals surface area contributed by atoms with E-state index in [2.05, 4.69) is 63.5 Å². The summed E-state index contributed by atoms with van der Waals surface area (Å²) in [6, 6.07) is 10.4. The zero-order chi connectivity index (χ0) is 22.1. The summed E-state index contributed by atoms with van der Waals surface area (Å²) in [5, 5.41) is 6.70. The lowest BCUT2D eigenvalue weighted by Crippen LogP contribution is -2.56. The first-order chi connectivity index (χ1) is 15.0. The summed E-state index contributed by atoms with van der Waals surface area (Å²) in [6.07, 6.45) is 0.471. The number of rotatable bonds is 7. The molecular weight excluding hydrogens is 519 g/mol. The van der Waals surface area contributed by atoms with E-state index >= 15 is 0 Å². The third-order valence-electron chi connectivity index (χ3n) is 6.16. The number of piperazine rings is 1. The quantitative estimate of drug-likeness (QED) is 0.301. The molecule has 2 aliphatic heterocycles. The van der Waals surface area contributed by atoms with Gasteiger partial charge in [-0.3, -0.25) is 14.7 Å². The number of hydrogen-bond acceptors (Lipinski definition) is 5. The number of nitrogens with one attached hydrogen (secondary N) is 2. The highest BCUT2D eigenvalue weighted by molar-refractivity contribution is 14.0. The molecule has 2 heterocycles. The number of nitrogens with zero attached hydrogens (tertiary/aromatic N) is 4. The second kappa shape index (κ2) is 13.2. The Morgan fingerprint density at radius 1 is 1.03 bits per heavy atom. The van der Waals surface area contributed by atoms with Gasteiger partial charge in [-0.15, -0.1) is 24.0 Å². The predicted molar refractivity (Wildman–Crippen MR) is 141 cm³/mol. The molecule has 0 bridgehead atoms. The summed E-state index contributed by atoms with van der Waals surface area (Å²) in [6.45, 7) is 12.6. The van der Waals surface area contributed by atoms with Crippen molar-refractivity contribution >= 4 is 41.5 Å². The van der Waals surface area contributed by atoms with Gasteiger partial charge in [0.25, 0.3) is 0 Å². The van der Waals surface area contributed by atoms with Gasteiger partial charge in [0, 0.05) is 77.1 Å². The Kier molecular flexibility index (Phi) is 11.0. The Labute approximate surface area is 209 Å². The van der Waals surface area contributed by atoms with Gasteiger partial charge in [0.05, 0.1) is 13.2 Å². The van der Waals surface area contributed by atoms with Crippen molar-refractivity contribution in [3.05, 3.63) is 30.3 Å². The van der Waals surface area contributed by atoms with Crippen LogP contribution in [0.4, 0.5) is 5.69 Å². The van der Waals surface area contributed by atoms with Crippen molar-refractivity contribution in [1.29, 1.82) is 0 Å². The highest BCUT2D eigenvalue weighted by atomic mass is 127. The molecule has 1 aromatic rings. The second-order valence-electron chi connectivity index (χ2n) is 8.72. The molecule has 2 N–H and O–H groups in total. The van der Waals surface area contributed by atoms with Crippen molar-refractivity contribution in [2.75, 3.05) is 77.5 Å². The number of ether oxygens (including phenoxy) is 1. The summed E-state index contributed by atoms with van der Waals surface area (Å²) in [7, 11) is 1.77. The molecule has 0 aliphatic carbocycles. The van der Waals surface area contributed by atoms with Crippen LogP contribution in [-0.2, 0) is 9.53 Å². The number of benzene rings is 1. The summed E-state index contributed by atoms with van der Waals surface area (Å²) in [5.74, 6) is 0.937. The third-order valence-corrected chi connectivity index (χ3v) is 6.16. The van der Waals surface area contributed by atoms with Crippen LogP contribution in [0.3, 0.4) is 0 Å². The molecule has 0 aromatic heterocycles. The number of para-hydroxylation sites is 1. The van der Waals surface area contributed by atoms with E-state index in [0.717, 1.165) is 65.0 Å². The van der Waals surface area contributed by atoms with Gasteiger partial charge in [-0.1, -0.05) is 18.2 Å². The van der Waals surface area contributed by atoms with Crippen LogP contribution in [0, 0.1) is 0 Å². The van der Waals surface area contributed by atoms with Crippen molar-refractivity contribution in [1.82, 2.24) is 20.4 Å². The topological polar surface area (TPSA) is 72.4 Å². The first-order valence-electron chi connectivity index (χ1n) is 11.3. The number of morpholine rings is 1. The fourth-order valence-corrected chi connectivity index (χ4v) is 4.10. The maximum atomic E-state index is 12.6. The molecule has 0 radical (unpaired) electrons. The number of guanidine groups is 1. The fraction of sp³-hybridized carbons (Fsp3) is 0.652. The Morgan fingerprint density at radius 2 is 1.69 bits per heavy atom. The zero-order valence-corrected chi connectivity index (χ0v) is 22.0. The van der Waals surface area contributed by atoms with Crippen LogP contribution in [0.2, 0.25) is 0 Å². The van der Waals surface area contributed by atoms with E-state index in [4.69, 9.17) is 4.74 Å². The first-order valence-corrected chi connectivity index (χ1v) is 11.3. The molecule has 1 amide bonds. The van der Waals surface area contributed by atoms with E-state index in [1.54, 1.807) is 7.05 Å². The van der Waals surface area contributed by atoms with Crippen molar-refractivity contribution in [2.24, 2.45) is 4.99 Å². The minimum Gasteiger partial charge on any atom is -0.379 e. The fourth-order valence-electron chi connectivity index (χ4n) is 4.10. The number of hydrogen-bond donors (Lipinski definition) is 2. The van der Waals surface area contributed by atoms with Gasteiger partial charge in [0.1, 0.15) is 0 Å². The van der Waals surface area contributed by atoms with Gasteiger partial charge < -0.3 is 25.2 Å². The largest absolute Gasteiger partial charge is 0.379 e. The summed E-state index contributed by atoms with van der Waals surface area (Å²) < 4.78 is 5.46. The highest BCUT2D eigenvalue weighted by Crippen LogP contribution is 2.16. The first kappa shape index (κ1) is 26.7. The van der Waals surface area contributed by atoms with Crippen LogP contribution in [0.15, 0.2) is 35.3 Å². The molecule has 0 atom stereocenters. The van der Waals surface area contributed by atoms with Gasteiger partial charge >= 0.3 is 0 Å². The average Bonchev–Trinajstić information content (AvgIpc) is 2.82. The van der Waals surface area contributed by atoms with Crippen molar-refractivity contribution in [3.63, 3.8) is 0 Å². The lowest BCUT2D eigenvalue weighted by atomic mass is 10.0. The van der Waals surface area contributed by atoms with Crippen molar-refractivity contribution in [2.45, 2.75) is 25.8 Å². The smallest absolute Gasteiger partial charge is 0.224 e. The number of carbonyl (C=O) groups is 1. The van der Waals surface area contributed by atoms with E-state index in [-0.39, 0.29) is 35.4 Å². The van der Waals surface area contributed by atoms with Crippen LogP contribution in [0.1, 0.15) is 20.3 Å². The van der Waals surface area contributed by atoms with Crippen LogP contribution in [0.5, 0.6) is 0 Å². The second-order valence-corrected chi connectivity index (χ2v) is 8.72. The number of amides is 1. The summed E-state index contributed by atoms with van der Waals surface area (Å²) >= 11 is 0. The molecule has 2 saturated heterocycles. The minimum absolute atomic E-state index is 0. The molecule has 9 heteroatoms. The predicted octanol–water partition coefficient (Wildman–Crippen LogP) is 1.62. The number of halogens is 1. The lowest BCUT2D eigenvalue weighted by Gasteiger charge is -2.41. The SMILES string of the molecule is CN=C(NCCC(=O)N1CCN(c2ccccc2)CC1)NCC(C)(C)N1CCOCC1.I. The average molecular weight is 559 g/mol. The van der Waals surface area contributed by atoms with E-state index in [9.17, 15) is 4.79 Å². The van der Waals surface area contributed by atoms with E-state index in [1.807, 2.05) is 11.0 Å². The van der Waals surface area contributed by atoms with Gasteiger partial charge in [-0.25, -0.2) is 0 Å². The monoisotopic (exact) mass is 558 g/mol. The van der Waals surface area contributed by atoms with Gasteiger partial charge in [-0.05, 0) is 26.0 Å². The van der Waals surface area contributed by atoms with Crippen LogP contribution < -0.4 is 15.5 Å². The van der Waals surface area contributed by atoms with E-state index < -0.39 is 0 Å². The minimum atomic E-state index is 0. The van der Waals surface area contributed by atoms with Crippen molar-refractivity contribution < 1.29 is 9.53 Å². The number of anilines is 1. The molecule has 2 aliphatic rings. The van der Waals surface area contributed by atoms with Crippen LogP contribution >= 0.6 is 24.0 Å². The molecule has 0 saturated carbocycles. The Balaban J connectivity index is 0.00000363. The van der Waals surface area contributed by atoms with Crippen LogP contribution in [-0.4, -0.2) is 99.8 Å². The van der Waals surface area contributed by atoms with E-state index in [1.165, 1.54) is 5.69 Å². The number of carbonyl (C=O) groups excluding carboxylic acids is 1. The third kappa shape index (κ3) is 7.77. The summed E-state index contributed by atoms with van der Waals surface area (Å²) in [4.78, 5) is 23.7. The summed E-state index contributed by atoms with van der Waals surface area (Å²) in [5.41, 5.74) is 1.24. The molecule has 8 nitrogen and oxygen atoms in total. The Hall–Kier alpha value is -1.59. The Bertz CT molecular complexity index is 716. The zero-order valence-electron chi connectivity index (χ0n) is 19.7. The molecule has 2 fully saturated rings.